The Kier molecular flexibility index (Phi) is 8.31. The summed E-state index contributed by atoms with van der Waals surface area (Å²) in [7, 11) is -1.61. The van der Waals surface area contributed by atoms with Gasteiger partial charge in [0.2, 0.25) is 0 Å². The van der Waals surface area contributed by atoms with Crippen LogP contribution in [0.25, 0.3) is 44.5 Å². The molecule has 45 heavy (non-hydrogen) atoms. The maximum absolute atomic E-state index is 8.53. The van der Waals surface area contributed by atoms with E-state index >= 15 is 0 Å². The maximum Gasteiger partial charge on any atom is 0.120 e. The third-order valence-electron chi connectivity index (χ3n) is 7.21. The molecule has 1 radical (unpaired) electrons. The molecule has 0 bridgehead atoms. The first kappa shape index (κ1) is 26.8. The van der Waals surface area contributed by atoms with Crippen LogP contribution in [0.5, 0.6) is 0 Å². The molecule has 0 amide bonds. The summed E-state index contributed by atoms with van der Waals surface area (Å²) in [6, 6.07) is 28.4. The van der Waals surface area contributed by atoms with Gasteiger partial charge in [-0.1, -0.05) is 114 Å². The van der Waals surface area contributed by atoms with Gasteiger partial charge in [0.05, 0.1) is 13.7 Å². The van der Waals surface area contributed by atoms with Crippen LogP contribution in [0.1, 0.15) is 65.4 Å². The number of para-hydroxylation sites is 1. The van der Waals surface area contributed by atoms with Gasteiger partial charge < -0.3 is 14.4 Å². The van der Waals surface area contributed by atoms with Crippen LogP contribution >= 0.6 is 0 Å². The normalized spacial score (nSPS) is 14.6. The third-order valence-corrected chi connectivity index (χ3v) is 9.23. The molecule has 0 unspecified atom stereocenters. The fourth-order valence-electron chi connectivity index (χ4n) is 5.16. The zero-order valence-corrected chi connectivity index (χ0v) is 30.6. The number of hydrogen-bond acceptors (Lipinski definition) is 3. The van der Waals surface area contributed by atoms with Crippen LogP contribution < -0.4 is 5.19 Å². The van der Waals surface area contributed by atoms with Gasteiger partial charge in [0, 0.05) is 46.1 Å². The van der Waals surface area contributed by atoms with Crippen molar-refractivity contribution in [2.24, 2.45) is 5.41 Å². The van der Waals surface area contributed by atoms with Crippen molar-refractivity contribution in [2.75, 3.05) is 0 Å². The minimum Gasteiger partial charge on any atom is -0.501 e. The molecule has 0 fully saturated rings. The largest absolute Gasteiger partial charge is 0.501 e. The minimum atomic E-state index is -2.13. The molecule has 3 heterocycles. The van der Waals surface area contributed by atoms with Crippen molar-refractivity contribution in [1.82, 2.24) is 9.97 Å². The second kappa shape index (κ2) is 13.9. The first-order chi connectivity index (χ1) is 23.1. The fourth-order valence-corrected chi connectivity index (χ4v) is 6.74. The van der Waals surface area contributed by atoms with Gasteiger partial charge in [0.1, 0.15) is 5.58 Å². The fraction of sp³-hybridized carbons (Fsp3) is 0.300. The molecule has 0 atom stereocenters. The van der Waals surface area contributed by atoms with Crippen LogP contribution in [-0.2, 0) is 26.5 Å². The molecule has 6 aromatic rings. The van der Waals surface area contributed by atoms with Crippen molar-refractivity contribution < 1.29 is 32.7 Å². The molecule has 3 aromatic heterocycles. The Morgan fingerprint density at radius 1 is 0.956 bits per heavy atom. The number of rotatable bonds is 5. The molecule has 0 saturated carbocycles. The standard InChI is InChI=1S/C22H20NO.C18H24NSi.Ir/c1-22(2,3)14-15-11-12-23-19(13-15)18-9-6-8-17-16-7-4-5-10-20(16)24-21(17)18;1-13(2)16-11-17(15-9-7-14(3)8-10-15)19-12-18(16)20(4,5)6;/h4-8,10-13H,14H2,1-3H3;7-9,11-13H,1-6H3;/q2*-1;/i14D2;3D3,13D;. The van der Waals surface area contributed by atoms with E-state index < -0.39 is 32.6 Å². The van der Waals surface area contributed by atoms with Gasteiger partial charge in [-0.25, -0.2) is 0 Å². The van der Waals surface area contributed by atoms with Gasteiger partial charge in [-0.05, 0) is 46.4 Å². The number of pyridine rings is 2. The monoisotopic (exact) mass is 795 g/mol. The predicted octanol–water partition coefficient (Wildman–Crippen LogP) is 10.6. The molecule has 3 nitrogen and oxygen atoms in total. The summed E-state index contributed by atoms with van der Waals surface area (Å²) in [6.07, 6.45) is 2.06. The van der Waals surface area contributed by atoms with Crippen LogP contribution in [0.4, 0.5) is 0 Å². The SMILES string of the molecule is [2H]C([2H])([2H])c1c[c-]c(-c2cc(C([2H])(C)C)c([Si](C)(C)C)cn2)cc1.[2H]C([2H])(c1ccnc(-c2[c-]ccc3c2oc2ccccc23)c1)C(C)(C)C.[Ir]. The van der Waals surface area contributed by atoms with Crippen LogP contribution in [-0.4, -0.2) is 18.0 Å². The molecule has 6 rings (SSSR count). The number of aromatic nitrogens is 2. The smallest absolute Gasteiger partial charge is 0.120 e. The van der Waals surface area contributed by atoms with Crippen LogP contribution in [0.2, 0.25) is 19.6 Å². The van der Waals surface area contributed by atoms with E-state index in [0.717, 1.165) is 44.3 Å². The van der Waals surface area contributed by atoms with Crippen LogP contribution in [0.15, 0.2) is 89.6 Å². The van der Waals surface area contributed by atoms with Crippen molar-refractivity contribution in [3.8, 4) is 22.5 Å². The molecular weight excluding hydrogens is 745 g/mol. The molecule has 0 aliphatic carbocycles. The van der Waals surface area contributed by atoms with E-state index in [1.54, 1.807) is 24.4 Å². The van der Waals surface area contributed by atoms with Gasteiger partial charge in [-0.15, -0.1) is 53.6 Å². The molecule has 3 aromatic carbocycles. The van der Waals surface area contributed by atoms with E-state index in [9.17, 15) is 0 Å². The second-order valence-electron chi connectivity index (χ2n) is 13.4. The minimum absolute atomic E-state index is 0. The van der Waals surface area contributed by atoms with Gasteiger partial charge in [0.15, 0.2) is 0 Å². The summed E-state index contributed by atoms with van der Waals surface area (Å²) < 4.78 is 53.9. The quantitative estimate of drug-likeness (QED) is 0.129. The molecule has 235 valence electrons. The van der Waals surface area contributed by atoms with Gasteiger partial charge in [-0.3, -0.25) is 0 Å². The summed E-state index contributed by atoms with van der Waals surface area (Å²) in [5, 5.41) is 3.25. The third kappa shape index (κ3) is 8.27. The van der Waals surface area contributed by atoms with Crippen molar-refractivity contribution >= 4 is 35.2 Å². The number of fused-ring (bicyclic) bond motifs is 3. The molecule has 0 N–H and O–H groups in total. The van der Waals surface area contributed by atoms with E-state index in [0.29, 0.717) is 11.3 Å². The Balaban J connectivity index is 0.000000225. The van der Waals surface area contributed by atoms with Gasteiger partial charge in [-0.2, -0.15) is 0 Å². The van der Waals surface area contributed by atoms with E-state index in [1.807, 2.05) is 89.3 Å². The van der Waals surface area contributed by atoms with E-state index in [4.69, 9.17) is 12.6 Å². The first-order valence-corrected chi connectivity index (χ1v) is 18.4. The molecule has 0 spiro atoms. The van der Waals surface area contributed by atoms with Crippen molar-refractivity contribution in [3.05, 3.63) is 114 Å². The summed E-state index contributed by atoms with van der Waals surface area (Å²) in [5.41, 5.74) is 5.79. The molecule has 5 heteroatoms. The Bertz CT molecular complexity index is 2140. The van der Waals surface area contributed by atoms with E-state index in [1.165, 1.54) is 11.3 Å². The topological polar surface area (TPSA) is 38.9 Å². The first-order valence-electron chi connectivity index (χ1n) is 17.9. The zero-order valence-electron chi connectivity index (χ0n) is 33.2. The molecule has 0 saturated heterocycles. The number of hydrogen-bond donors (Lipinski definition) is 0. The van der Waals surface area contributed by atoms with Gasteiger partial charge >= 0.3 is 0 Å². The predicted molar refractivity (Wildman–Crippen MR) is 189 cm³/mol. The number of benzene rings is 3. The maximum atomic E-state index is 8.53. The summed E-state index contributed by atoms with van der Waals surface area (Å²) in [4.78, 5) is 9.03. The Morgan fingerprint density at radius 2 is 1.73 bits per heavy atom. The second-order valence-corrected chi connectivity index (χ2v) is 18.4. The van der Waals surface area contributed by atoms with E-state index in [-0.39, 0.29) is 25.7 Å². The number of furan rings is 1. The number of nitrogens with zero attached hydrogens (tertiary/aromatic N) is 2. The number of aryl methyl sites for hydroxylation is 1. The molecular formula is C40H44IrN2OSi-2. The van der Waals surface area contributed by atoms with Crippen molar-refractivity contribution in [3.63, 3.8) is 0 Å². The van der Waals surface area contributed by atoms with Crippen molar-refractivity contribution in [1.29, 1.82) is 0 Å². The molecule has 0 aliphatic rings. The van der Waals surface area contributed by atoms with E-state index in [2.05, 4.69) is 41.7 Å². The van der Waals surface area contributed by atoms with Gasteiger partial charge in [0.25, 0.3) is 0 Å². The summed E-state index contributed by atoms with van der Waals surface area (Å²) >= 11 is 0. The Labute approximate surface area is 292 Å². The molecule has 0 aliphatic heterocycles. The Morgan fingerprint density at radius 3 is 2.40 bits per heavy atom. The Hall–Kier alpha value is -3.37. The summed E-state index contributed by atoms with van der Waals surface area (Å²) in [5.74, 6) is -0.716. The summed E-state index contributed by atoms with van der Waals surface area (Å²) in [6.45, 7) is 14.1. The average molecular weight is 795 g/mol. The zero-order chi connectivity index (χ0) is 36.9. The van der Waals surface area contributed by atoms with Crippen LogP contribution in [0, 0.1) is 24.4 Å². The van der Waals surface area contributed by atoms with Crippen molar-refractivity contribution in [2.45, 2.75) is 73.4 Å². The van der Waals surface area contributed by atoms with Crippen LogP contribution in [0.3, 0.4) is 0 Å². The average Bonchev–Trinajstić information content (AvgIpc) is 3.42.